The van der Waals surface area contributed by atoms with Gasteiger partial charge in [-0.15, -0.1) is 0 Å². The summed E-state index contributed by atoms with van der Waals surface area (Å²) in [5, 5.41) is 3.99. The average Bonchev–Trinajstić information content (AvgIpc) is 2.11. The van der Waals surface area contributed by atoms with E-state index in [0.717, 1.165) is 5.76 Å². The van der Waals surface area contributed by atoms with Crippen LogP contribution in [-0.4, -0.2) is 5.16 Å². The molecule has 0 saturated carbocycles. The first-order valence-electron chi connectivity index (χ1n) is 3.13. The maximum absolute atomic E-state index is 5.56. The summed E-state index contributed by atoms with van der Waals surface area (Å²) in [4.78, 5) is 0. The van der Waals surface area contributed by atoms with E-state index >= 15 is 0 Å². The molecule has 0 N–H and O–H groups in total. The maximum Gasteiger partial charge on any atom is 0.172 e. The SMILES string of the molecule is CC(C)(C)c1cc(Cl)no1. The van der Waals surface area contributed by atoms with E-state index in [4.69, 9.17) is 16.1 Å². The Morgan fingerprint density at radius 1 is 1.50 bits per heavy atom. The van der Waals surface area contributed by atoms with Crippen LogP contribution in [0.3, 0.4) is 0 Å². The summed E-state index contributed by atoms with van der Waals surface area (Å²) in [5.41, 5.74) is 0.000139. The summed E-state index contributed by atoms with van der Waals surface area (Å²) in [5.74, 6) is 0.817. The van der Waals surface area contributed by atoms with Gasteiger partial charge in [0, 0.05) is 11.5 Å². The van der Waals surface area contributed by atoms with Crippen molar-refractivity contribution in [3.8, 4) is 0 Å². The standard InChI is InChI=1S/C7H10ClNO/c1-7(2,3)5-4-6(8)9-10-5/h4H,1-3H3. The van der Waals surface area contributed by atoms with Gasteiger partial charge < -0.3 is 4.52 Å². The molecule has 2 nitrogen and oxygen atoms in total. The van der Waals surface area contributed by atoms with Gasteiger partial charge in [-0.3, -0.25) is 0 Å². The van der Waals surface area contributed by atoms with Crippen molar-refractivity contribution >= 4 is 11.6 Å². The summed E-state index contributed by atoms with van der Waals surface area (Å²) >= 11 is 5.56. The van der Waals surface area contributed by atoms with Gasteiger partial charge in [-0.2, -0.15) is 0 Å². The third kappa shape index (κ3) is 1.51. The Labute approximate surface area is 65.2 Å². The van der Waals surface area contributed by atoms with Gasteiger partial charge in [0.15, 0.2) is 5.15 Å². The summed E-state index contributed by atoms with van der Waals surface area (Å²) < 4.78 is 4.95. The van der Waals surface area contributed by atoms with Gasteiger partial charge in [-0.25, -0.2) is 0 Å². The highest BCUT2D eigenvalue weighted by Gasteiger charge is 2.18. The van der Waals surface area contributed by atoms with Crippen LogP contribution >= 0.6 is 11.6 Å². The van der Waals surface area contributed by atoms with Crippen LogP contribution in [0, 0.1) is 0 Å². The summed E-state index contributed by atoms with van der Waals surface area (Å²) in [6, 6.07) is 1.74. The summed E-state index contributed by atoms with van der Waals surface area (Å²) in [6.45, 7) is 6.14. The lowest BCUT2D eigenvalue weighted by Crippen LogP contribution is -2.08. The quantitative estimate of drug-likeness (QED) is 0.582. The lowest BCUT2D eigenvalue weighted by molar-refractivity contribution is 0.329. The summed E-state index contributed by atoms with van der Waals surface area (Å²) in [6.07, 6.45) is 0. The van der Waals surface area contributed by atoms with Crippen LogP contribution in [0.2, 0.25) is 5.15 Å². The van der Waals surface area contributed by atoms with Crippen LogP contribution in [0.15, 0.2) is 10.6 Å². The Morgan fingerprint density at radius 2 is 2.10 bits per heavy atom. The van der Waals surface area contributed by atoms with Crippen LogP contribution in [0.5, 0.6) is 0 Å². The molecule has 0 atom stereocenters. The van der Waals surface area contributed by atoms with Crippen molar-refractivity contribution in [2.45, 2.75) is 26.2 Å². The zero-order valence-electron chi connectivity index (χ0n) is 6.31. The number of nitrogens with zero attached hydrogens (tertiary/aromatic N) is 1. The molecule has 0 aliphatic heterocycles. The fourth-order valence-corrected chi connectivity index (χ4v) is 0.741. The number of rotatable bonds is 0. The number of halogens is 1. The number of aromatic nitrogens is 1. The fourth-order valence-electron chi connectivity index (χ4n) is 0.607. The van der Waals surface area contributed by atoms with Crippen LogP contribution < -0.4 is 0 Å². The molecule has 0 unspecified atom stereocenters. The molecular formula is C7H10ClNO. The third-order valence-corrected chi connectivity index (χ3v) is 1.40. The Balaban J connectivity index is 2.96. The second-order valence-corrected chi connectivity index (χ2v) is 3.65. The molecular weight excluding hydrogens is 150 g/mol. The monoisotopic (exact) mass is 159 g/mol. The maximum atomic E-state index is 5.56. The zero-order chi connectivity index (χ0) is 7.78. The molecule has 0 bridgehead atoms. The molecule has 0 spiro atoms. The van der Waals surface area contributed by atoms with Crippen molar-refractivity contribution in [1.29, 1.82) is 0 Å². The van der Waals surface area contributed by atoms with Crippen molar-refractivity contribution in [2.75, 3.05) is 0 Å². The lowest BCUT2D eigenvalue weighted by atomic mass is 9.94. The van der Waals surface area contributed by atoms with E-state index in [2.05, 4.69) is 5.16 Å². The van der Waals surface area contributed by atoms with E-state index in [9.17, 15) is 0 Å². The molecule has 3 heteroatoms. The molecule has 0 aliphatic carbocycles. The number of hydrogen-bond donors (Lipinski definition) is 0. The van der Waals surface area contributed by atoms with E-state index in [-0.39, 0.29) is 5.41 Å². The van der Waals surface area contributed by atoms with Crippen LogP contribution in [0.4, 0.5) is 0 Å². The zero-order valence-corrected chi connectivity index (χ0v) is 7.07. The van der Waals surface area contributed by atoms with Crippen molar-refractivity contribution < 1.29 is 4.52 Å². The highest BCUT2D eigenvalue weighted by molar-refractivity contribution is 6.29. The molecule has 1 aromatic heterocycles. The van der Waals surface area contributed by atoms with Crippen molar-refractivity contribution in [2.24, 2.45) is 0 Å². The molecule has 0 aromatic carbocycles. The molecule has 1 aromatic rings. The first kappa shape index (κ1) is 7.61. The normalized spacial score (nSPS) is 12.0. The minimum atomic E-state index is 0.000139. The molecule has 0 saturated heterocycles. The Kier molecular flexibility index (Phi) is 1.73. The highest BCUT2D eigenvalue weighted by atomic mass is 35.5. The Bertz CT molecular complexity index is 224. The van der Waals surface area contributed by atoms with E-state index in [0.29, 0.717) is 5.15 Å². The van der Waals surface area contributed by atoms with Crippen molar-refractivity contribution in [3.63, 3.8) is 0 Å². The van der Waals surface area contributed by atoms with Gasteiger partial charge in [0.25, 0.3) is 0 Å². The molecule has 0 amide bonds. The number of hydrogen-bond acceptors (Lipinski definition) is 2. The molecule has 0 fully saturated rings. The van der Waals surface area contributed by atoms with Gasteiger partial charge >= 0.3 is 0 Å². The minimum absolute atomic E-state index is 0.000139. The second kappa shape index (κ2) is 2.27. The second-order valence-electron chi connectivity index (χ2n) is 3.26. The molecule has 0 radical (unpaired) electrons. The predicted molar refractivity (Wildman–Crippen MR) is 40.2 cm³/mol. The van der Waals surface area contributed by atoms with E-state index in [1.807, 2.05) is 20.8 Å². The summed E-state index contributed by atoms with van der Waals surface area (Å²) in [7, 11) is 0. The smallest absolute Gasteiger partial charge is 0.172 e. The topological polar surface area (TPSA) is 26.0 Å². The first-order chi connectivity index (χ1) is 4.50. The van der Waals surface area contributed by atoms with Crippen LogP contribution in [0.25, 0.3) is 0 Å². The predicted octanol–water partition coefficient (Wildman–Crippen LogP) is 2.63. The van der Waals surface area contributed by atoms with E-state index in [1.165, 1.54) is 0 Å². The van der Waals surface area contributed by atoms with E-state index < -0.39 is 0 Å². The molecule has 0 aliphatic rings. The van der Waals surface area contributed by atoms with Crippen molar-refractivity contribution in [1.82, 2.24) is 5.16 Å². The molecule has 56 valence electrons. The Hall–Kier alpha value is -0.500. The third-order valence-electron chi connectivity index (χ3n) is 1.22. The van der Waals surface area contributed by atoms with Gasteiger partial charge in [-0.05, 0) is 0 Å². The van der Waals surface area contributed by atoms with Gasteiger partial charge in [-0.1, -0.05) is 37.5 Å². The van der Waals surface area contributed by atoms with Gasteiger partial charge in [0.05, 0.1) is 0 Å². The minimum Gasteiger partial charge on any atom is -0.359 e. The van der Waals surface area contributed by atoms with Gasteiger partial charge in [0.2, 0.25) is 0 Å². The fraction of sp³-hybridized carbons (Fsp3) is 0.571. The van der Waals surface area contributed by atoms with E-state index in [1.54, 1.807) is 6.07 Å². The molecule has 10 heavy (non-hydrogen) atoms. The first-order valence-corrected chi connectivity index (χ1v) is 3.50. The largest absolute Gasteiger partial charge is 0.359 e. The molecule has 1 heterocycles. The molecule has 1 rings (SSSR count). The van der Waals surface area contributed by atoms with Gasteiger partial charge in [0.1, 0.15) is 5.76 Å². The van der Waals surface area contributed by atoms with Crippen LogP contribution in [-0.2, 0) is 5.41 Å². The Morgan fingerprint density at radius 3 is 2.30 bits per heavy atom. The van der Waals surface area contributed by atoms with Crippen molar-refractivity contribution in [3.05, 3.63) is 17.0 Å². The average molecular weight is 160 g/mol. The highest BCUT2D eigenvalue weighted by Crippen LogP contribution is 2.23. The van der Waals surface area contributed by atoms with Crippen LogP contribution in [0.1, 0.15) is 26.5 Å². The lowest BCUT2D eigenvalue weighted by Gasteiger charge is -2.11.